The molecule has 2 atom stereocenters. The zero-order valence-electron chi connectivity index (χ0n) is 17.4. The summed E-state index contributed by atoms with van der Waals surface area (Å²) in [5.74, 6) is 0. The number of likely N-dealkylation sites (tertiary alicyclic amines) is 1. The molecular formula is C24H32N2S2. The highest BCUT2D eigenvalue weighted by Gasteiger charge is 2.26. The van der Waals surface area contributed by atoms with Crippen molar-refractivity contribution in [3.63, 3.8) is 0 Å². The van der Waals surface area contributed by atoms with Gasteiger partial charge in [-0.15, -0.1) is 11.8 Å². The first-order valence-electron chi connectivity index (χ1n) is 10.7. The number of fused-ring (bicyclic) bond motifs is 2. The molecule has 0 amide bonds. The third-order valence-electron chi connectivity index (χ3n) is 6.12. The van der Waals surface area contributed by atoms with E-state index in [0.29, 0.717) is 5.25 Å². The standard InChI is InChI=1S/C24H32N2S2/c1-4-18(2)27-20-12-13-24-22(17-20)26(21-10-5-6-11-23(21)28-24)16-14-19-9-7-8-15-25(19)3/h5-6,10-13,17-19H,4,7-9,14-16H2,1-3H3. The van der Waals surface area contributed by atoms with Crippen LogP contribution < -0.4 is 4.90 Å². The molecule has 0 bridgehead atoms. The van der Waals surface area contributed by atoms with E-state index < -0.39 is 0 Å². The van der Waals surface area contributed by atoms with E-state index in [-0.39, 0.29) is 0 Å². The van der Waals surface area contributed by atoms with Crippen LogP contribution in [0, 0.1) is 0 Å². The second kappa shape index (κ2) is 9.15. The molecule has 0 aromatic heterocycles. The molecule has 0 radical (unpaired) electrons. The maximum Gasteiger partial charge on any atom is 0.0564 e. The van der Waals surface area contributed by atoms with Crippen LogP contribution in [0.2, 0.25) is 0 Å². The van der Waals surface area contributed by atoms with E-state index in [1.807, 2.05) is 23.5 Å². The molecule has 2 aliphatic heterocycles. The molecule has 2 aromatic rings. The summed E-state index contributed by atoms with van der Waals surface area (Å²) in [5.41, 5.74) is 2.78. The number of nitrogens with zero attached hydrogens (tertiary/aromatic N) is 2. The van der Waals surface area contributed by atoms with Gasteiger partial charge in [0, 0.05) is 32.5 Å². The monoisotopic (exact) mass is 412 g/mol. The first-order valence-corrected chi connectivity index (χ1v) is 12.4. The van der Waals surface area contributed by atoms with Gasteiger partial charge in [-0.05, 0) is 69.6 Å². The molecular weight excluding hydrogens is 380 g/mol. The summed E-state index contributed by atoms with van der Waals surface area (Å²) < 4.78 is 0. The van der Waals surface area contributed by atoms with E-state index in [2.05, 4.69) is 73.2 Å². The lowest BCUT2D eigenvalue weighted by atomic mass is 9.99. The van der Waals surface area contributed by atoms with Crippen molar-refractivity contribution in [2.75, 3.05) is 25.0 Å². The van der Waals surface area contributed by atoms with Crippen LogP contribution in [0.1, 0.15) is 46.0 Å². The molecule has 28 heavy (non-hydrogen) atoms. The van der Waals surface area contributed by atoms with Gasteiger partial charge in [-0.3, -0.25) is 0 Å². The Kier molecular flexibility index (Phi) is 6.59. The van der Waals surface area contributed by atoms with Gasteiger partial charge in [0.05, 0.1) is 11.4 Å². The Morgan fingerprint density at radius 1 is 1.11 bits per heavy atom. The molecule has 2 nitrogen and oxygen atoms in total. The van der Waals surface area contributed by atoms with Gasteiger partial charge in [0.25, 0.3) is 0 Å². The van der Waals surface area contributed by atoms with E-state index in [9.17, 15) is 0 Å². The predicted octanol–water partition coefficient (Wildman–Crippen LogP) is 7.05. The fourth-order valence-electron chi connectivity index (χ4n) is 4.23. The Hall–Kier alpha value is -1.10. The van der Waals surface area contributed by atoms with Crippen molar-refractivity contribution in [3.05, 3.63) is 42.5 Å². The summed E-state index contributed by atoms with van der Waals surface area (Å²) in [7, 11) is 2.30. The molecule has 2 aliphatic rings. The van der Waals surface area contributed by atoms with Crippen LogP contribution in [0.15, 0.2) is 57.2 Å². The Balaban J connectivity index is 1.61. The largest absolute Gasteiger partial charge is 0.340 e. The van der Waals surface area contributed by atoms with Gasteiger partial charge in [-0.1, -0.05) is 44.2 Å². The molecule has 2 heterocycles. The highest BCUT2D eigenvalue weighted by atomic mass is 32.2. The van der Waals surface area contributed by atoms with Crippen molar-refractivity contribution >= 4 is 34.9 Å². The SMILES string of the molecule is CCC(C)Sc1ccc2c(c1)N(CCC1CCCCN1C)c1ccccc1S2. The minimum atomic E-state index is 0.658. The molecule has 0 spiro atoms. The molecule has 150 valence electrons. The minimum absolute atomic E-state index is 0.658. The Morgan fingerprint density at radius 3 is 2.75 bits per heavy atom. The van der Waals surface area contributed by atoms with Gasteiger partial charge in [-0.25, -0.2) is 0 Å². The highest BCUT2D eigenvalue weighted by molar-refractivity contribution is 8.00. The summed E-state index contributed by atoms with van der Waals surface area (Å²) in [5, 5.41) is 0.658. The van der Waals surface area contributed by atoms with E-state index in [4.69, 9.17) is 0 Å². The normalized spacial score (nSPS) is 20.5. The summed E-state index contributed by atoms with van der Waals surface area (Å²) in [6, 6.07) is 16.7. The summed E-state index contributed by atoms with van der Waals surface area (Å²) in [6.45, 7) is 6.94. The van der Waals surface area contributed by atoms with Crippen LogP contribution in [0.4, 0.5) is 11.4 Å². The topological polar surface area (TPSA) is 6.48 Å². The molecule has 4 rings (SSSR count). The van der Waals surface area contributed by atoms with Crippen LogP contribution >= 0.6 is 23.5 Å². The van der Waals surface area contributed by atoms with Crippen LogP contribution in [0.3, 0.4) is 0 Å². The summed E-state index contributed by atoms with van der Waals surface area (Å²) >= 11 is 3.92. The van der Waals surface area contributed by atoms with Crippen molar-refractivity contribution < 1.29 is 0 Å². The number of rotatable bonds is 6. The van der Waals surface area contributed by atoms with Gasteiger partial charge in [0.1, 0.15) is 0 Å². The lowest BCUT2D eigenvalue weighted by Crippen LogP contribution is -2.38. The molecule has 4 heteroatoms. The number of hydrogen-bond donors (Lipinski definition) is 0. The van der Waals surface area contributed by atoms with Gasteiger partial charge >= 0.3 is 0 Å². The third kappa shape index (κ3) is 4.39. The van der Waals surface area contributed by atoms with E-state index in [0.717, 1.165) is 12.6 Å². The van der Waals surface area contributed by atoms with Crippen LogP contribution in [-0.2, 0) is 0 Å². The first kappa shape index (κ1) is 20.2. The fourth-order valence-corrected chi connectivity index (χ4v) is 6.26. The third-order valence-corrected chi connectivity index (χ3v) is 8.51. The van der Waals surface area contributed by atoms with E-state index in [1.165, 1.54) is 64.7 Å². The van der Waals surface area contributed by atoms with Crippen LogP contribution in [0.5, 0.6) is 0 Å². The van der Waals surface area contributed by atoms with Crippen molar-refractivity contribution in [2.24, 2.45) is 0 Å². The molecule has 2 aromatic carbocycles. The van der Waals surface area contributed by atoms with Crippen molar-refractivity contribution in [3.8, 4) is 0 Å². The van der Waals surface area contributed by atoms with Gasteiger partial charge in [-0.2, -0.15) is 0 Å². The van der Waals surface area contributed by atoms with Crippen molar-refractivity contribution in [1.29, 1.82) is 0 Å². The van der Waals surface area contributed by atoms with E-state index >= 15 is 0 Å². The second-order valence-corrected chi connectivity index (χ2v) is 10.7. The first-order chi connectivity index (χ1) is 13.7. The zero-order valence-corrected chi connectivity index (χ0v) is 19.0. The number of thioether (sulfide) groups is 1. The molecule has 1 saturated heterocycles. The van der Waals surface area contributed by atoms with Gasteiger partial charge in [0.15, 0.2) is 0 Å². The van der Waals surface area contributed by atoms with Crippen LogP contribution in [0.25, 0.3) is 0 Å². The van der Waals surface area contributed by atoms with Crippen LogP contribution in [-0.4, -0.2) is 36.3 Å². The maximum absolute atomic E-state index is 2.59. The number of hydrogen-bond acceptors (Lipinski definition) is 4. The smallest absolute Gasteiger partial charge is 0.0564 e. The van der Waals surface area contributed by atoms with Crippen molar-refractivity contribution in [1.82, 2.24) is 4.90 Å². The maximum atomic E-state index is 2.59. The fraction of sp³-hybridized carbons (Fsp3) is 0.500. The summed E-state index contributed by atoms with van der Waals surface area (Å²) in [4.78, 5) is 9.33. The lowest BCUT2D eigenvalue weighted by Gasteiger charge is -2.37. The van der Waals surface area contributed by atoms with Gasteiger partial charge < -0.3 is 9.80 Å². The quantitative estimate of drug-likeness (QED) is 0.469. The Bertz CT molecular complexity index is 807. The van der Waals surface area contributed by atoms with E-state index in [1.54, 1.807) is 0 Å². The average Bonchev–Trinajstić information content (AvgIpc) is 2.72. The molecule has 0 aliphatic carbocycles. The zero-order chi connectivity index (χ0) is 19.5. The average molecular weight is 413 g/mol. The number of piperidine rings is 1. The molecule has 1 fully saturated rings. The lowest BCUT2D eigenvalue weighted by molar-refractivity contribution is 0.178. The highest BCUT2D eigenvalue weighted by Crippen LogP contribution is 2.49. The molecule has 0 N–H and O–H groups in total. The van der Waals surface area contributed by atoms with Gasteiger partial charge in [0.2, 0.25) is 0 Å². The molecule has 2 unspecified atom stereocenters. The Morgan fingerprint density at radius 2 is 1.93 bits per heavy atom. The summed E-state index contributed by atoms with van der Waals surface area (Å²) in [6.07, 6.45) is 6.52. The van der Waals surface area contributed by atoms with Crippen molar-refractivity contribution in [2.45, 2.75) is 71.9 Å². The predicted molar refractivity (Wildman–Crippen MR) is 125 cm³/mol. The number of anilines is 2. The number of para-hydroxylation sites is 1. The number of benzene rings is 2. The second-order valence-electron chi connectivity index (χ2n) is 8.11. The molecule has 0 saturated carbocycles. The Labute approximate surface area is 179 Å². The minimum Gasteiger partial charge on any atom is -0.340 e.